The molecule has 0 N–H and O–H groups in total. The summed E-state index contributed by atoms with van der Waals surface area (Å²) < 4.78 is 6.64. The Bertz CT molecular complexity index is 1680. The molecule has 0 amide bonds. The fraction of sp³-hybridized carbons (Fsp3) is 0.250. The number of rotatable bonds is 10. The van der Waals surface area contributed by atoms with Crippen molar-refractivity contribution in [3.8, 4) is 17.1 Å². The number of hydrogen-bond donors (Lipinski definition) is 0. The van der Waals surface area contributed by atoms with Crippen molar-refractivity contribution in [1.29, 1.82) is 0 Å². The molecule has 0 aliphatic rings. The second-order valence-electron chi connectivity index (χ2n) is 9.39. The van der Waals surface area contributed by atoms with Gasteiger partial charge in [0.05, 0.1) is 35.0 Å². The van der Waals surface area contributed by atoms with E-state index in [1.807, 2.05) is 35.1 Å². The van der Waals surface area contributed by atoms with Crippen molar-refractivity contribution in [3.05, 3.63) is 93.7 Å². The number of aryl methyl sites for hydroxylation is 1. The molecule has 2 heterocycles. The van der Waals surface area contributed by atoms with Gasteiger partial charge in [-0.05, 0) is 73.1 Å². The van der Waals surface area contributed by atoms with Gasteiger partial charge in [0.2, 0.25) is 5.82 Å². The Labute approximate surface area is 229 Å². The average Bonchev–Trinajstić information content (AvgIpc) is 3.63. The van der Waals surface area contributed by atoms with Crippen LogP contribution >= 0.6 is 0 Å². The van der Waals surface area contributed by atoms with E-state index in [0.717, 1.165) is 48.6 Å². The van der Waals surface area contributed by atoms with E-state index in [2.05, 4.69) is 62.3 Å². The number of fused-ring (bicyclic) bond motifs is 1. The number of methoxy groups -OCH3 is 1. The van der Waals surface area contributed by atoms with Crippen LogP contribution in [0.5, 0.6) is 0 Å². The maximum atomic E-state index is 11.8. The number of nitro groups is 1. The normalized spacial score (nSPS) is 11.3. The molecule has 0 atom stereocenters. The van der Waals surface area contributed by atoms with Gasteiger partial charge in [0.25, 0.3) is 5.69 Å². The third-order valence-electron chi connectivity index (χ3n) is 6.68. The van der Waals surface area contributed by atoms with Crippen molar-refractivity contribution in [2.24, 2.45) is 0 Å². The van der Waals surface area contributed by atoms with Gasteiger partial charge in [-0.15, -0.1) is 15.0 Å². The predicted octanol–water partition coefficient (Wildman–Crippen LogP) is 4.07. The maximum absolute atomic E-state index is 11.8. The summed E-state index contributed by atoms with van der Waals surface area (Å²) in [4.78, 5) is 26.4. The average molecular weight is 541 g/mol. The van der Waals surface area contributed by atoms with E-state index in [-0.39, 0.29) is 22.6 Å². The largest absolute Gasteiger partial charge is 0.465 e. The number of benzene rings is 3. The molecule has 0 spiro atoms. The SMILES string of the molecule is CCn1ncc2cc(CN(C)CCc3ccc(-n4nnc(-c5ccc(C(=O)OC)cc5[N+](=O)[O-])n4)cc3)ccc21. The first-order chi connectivity index (χ1) is 19.4. The summed E-state index contributed by atoms with van der Waals surface area (Å²) in [5.74, 6) is -0.590. The van der Waals surface area contributed by atoms with Crippen LogP contribution in [0.15, 0.2) is 66.9 Å². The number of nitrogens with zero attached hydrogens (tertiary/aromatic N) is 8. The minimum Gasteiger partial charge on any atom is -0.465 e. The number of tetrazole rings is 1. The predicted molar refractivity (Wildman–Crippen MR) is 148 cm³/mol. The van der Waals surface area contributed by atoms with E-state index in [4.69, 9.17) is 0 Å². The van der Waals surface area contributed by atoms with Crippen molar-refractivity contribution in [3.63, 3.8) is 0 Å². The summed E-state index contributed by atoms with van der Waals surface area (Å²) in [5, 5.41) is 29.6. The van der Waals surface area contributed by atoms with Gasteiger partial charge in [-0.25, -0.2) is 4.79 Å². The number of nitro benzene ring substituents is 1. The Morgan fingerprint density at radius 3 is 2.58 bits per heavy atom. The molecule has 0 fully saturated rings. The lowest BCUT2D eigenvalue weighted by Crippen LogP contribution is -2.20. The minimum absolute atomic E-state index is 0.0663. The minimum atomic E-state index is -0.667. The third kappa shape index (κ3) is 5.57. The van der Waals surface area contributed by atoms with Crippen LogP contribution in [0.1, 0.15) is 28.4 Å². The number of esters is 1. The topological polar surface area (TPSA) is 134 Å². The Balaban J connectivity index is 1.22. The van der Waals surface area contributed by atoms with E-state index in [9.17, 15) is 14.9 Å². The zero-order chi connectivity index (χ0) is 28.2. The van der Waals surface area contributed by atoms with E-state index in [1.165, 1.54) is 29.6 Å². The monoisotopic (exact) mass is 540 g/mol. The van der Waals surface area contributed by atoms with Crippen LogP contribution in [0.3, 0.4) is 0 Å². The Morgan fingerprint density at radius 1 is 1.07 bits per heavy atom. The van der Waals surface area contributed by atoms with Gasteiger partial charge in [0.15, 0.2) is 0 Å². The van der Waals surface area contributed by atoms with Gasteiger partial charge in [-0.2, -0.15) is 5.10 Å². The van der Waals surface area contributed by atoms with Crippen molar-refractivity contribution in [2.45, 2.75) is 26.4 Å². The van der Waals surface area contributed by atoms with Gasteiger partial charge in [0.1, 0.15) is 5.56 Å². The van der Waals surface area contributed by atoms with Crippen molar-refractivity contribution >= 4 is 22.6 Å². The highest BCUT2D eigenvalue weighted by Crippen LogP contribution is 2.28. The molecule has 40 heavy (non-hydrogen) atoms. The number of aromatic nitrogens is 6. The summed E-state index contributed by atoms with van der Waals surface area (Å²) in [5.41, 5.74) is 4.14. The fourth-order valence-electron chi connectivity index (χ4n) is 4.54. The van der Waals surface area contributed by atoms with E-state index in [0.29, 0.717) is 5.69 Å². The molecule has 0 saturated heterocycles. The highest BCUT2D eigenvalue weighted by Gasteiger charge is 2.22. The molecule has 2 aromatic heterocycles. The molecule has 5 aromatic rings. The number of carbonyl (C=O) groups excluding carboxylic acids is 1. The van der Waals surface area contributed by atoms with Gasteiger partial charge in [0, 0.05) is 31.1 Å². The van der Waals surface area contributed by atoms with Gasteiger partial charge in [-0.3, -0.25) is 14.8 Å². The second kappa shape index (κ2) is 11.4. The van der Waals surface area contributed by atoms with Gasteiger partial charge >= 0.3 is 5.97 Å². The summed E-state index contributed by atoms with van der Waals surface area (Å²) in [6, 6.07) is 18.3. The highest BCUT2D eigenvalue weighted by molar-refractivity contribution is 5.91. The molecular formula is C28H28N8O4. The standard InChI is InChI=1S/C28H28N8O4/c1-4-34-25-12-7-20(15-22(25)17-29-34)18-33(2)14-13-19-5-9-23(10-6-19)35-31-27(30-32-35)24-11-8-21(28(37)40-3)16-26(24)36(38)39/h5-12,15-17H,4,13-14,18H2,1-3H3. The first-order valence-corrected chi connectivity index (χ1v) is 12.8. The van der Waals surface area contributed by atoms with Crippen molar-refractivity contribution in [1.82, 2.24) is 34.9 Å². The molecule has 12 nitrogen and oxygen atoms in total. The van der Waals surface area contributed by atoms with Gasteiger partial charge < -0.3 is 9.64 Å². The maximum Gasteiger partial charge on any atom is 0.338 e. The van der Waals surface area contributed by atoms with Crippen LogP contribution in [0.4, 0.5) is 5.69 Å². The van der Waals surface area contributed by atoms with Crippen LogP contribution in [-0.4, -0.2) is 66.5 Å². The van der Waals surface area contributed by atoms with Crippen molar-refractivity contribution < 1.29 is 14.5 Å². The number of hydrogen-bond acceptors (Lipinski definition) is 9. The molecule has 0 radical (unpaired) electrons. The zero-order valence-electron chi connectivity index (χ0n) is 22.4. The van der Waals surface area contributed by atoms with Crippen molar-refractivity contribution in [2.75, 3.05) is 20.7 Å². The lowest BCUT2D eigenvalue weighted by Gasteiger charge is -2.17. The molecule has 0 aliphatic carbocycles. The molecule has 0 unspecified atom stereocenters. The first kappa shape index (κ1) is 26.6. The Hall–Kier alpha value is -4.97. The molecule has 12 heteroatoms. The first-order valence-electron chi connectivity index (χ1n) is 12.8. The summed E-state index contributed by atoms with van der Waals surface area (Å²) in [6.45, 7) is 4.65. The molecule has 0 bridgehead atoms. The highest BCUT2D eigenvalue weighted by atomic mass is 16.6. The Kier molecular flexibility index (Phi) is 7.60. The third-order valence-corrected chi connectivity index (χ3v) is 6.68. The van der Waals surface area contributed by atoms with E-state index in [1.54, 1.807) is 0 Å². The van der Waals surface area contributed by atoms with Crippen LogP contribution in [-0.2, 0) is 24.2 Å². The van der Waals surface area contributed by atoms with Crippen LogP contribution in [0.2, 0.25) is 0 Å². The summed E-state index contributed by atoms with van der Waals surface area (Å²) >= 11 is 0. The molecule has 0 aliphatic heterocycles. The quantitative estimate of drug-likeness (QED) is 0.146. The van der Waals surface area contributed by atoms with E-state index < -0.39 is 10.9 Å². The number of carbonyl (C=O) groups is 1. The molecule has 204 valence electrons. The molecular weight excluding hydrogens is 512 g/mol. The second-order valence-corrected chi connectivity index (χ2v) is 9.39. The summed E-state index contributed by atoms with van der Waals surface area (Å²) in [6.07, 6.45) is 2.78. The van der Waals surface area contributed by atoms with Gasteiger partial charge in [-0.1, -0.05) is 18.2 Å². The Morgan fingerprint density at radius 2 is 1.85 bits per heavy atom. The van der Waals surface area contributed by atoms with Crippen LogP contribution < -0.4 is 0 Å². The lowest BCUT2D eigenvalue weighted by molar-refractivity contribution is -0.384. The van der Waals surface area contributed by atoms with E-state index >= 15 is 0 Å². The zero-order valence-corrected chi connectivity index (χ0v) is 22.4. The lowest BCUT2D eigenvalue weighted by atomic mass is 10.1. The number of likely N-dealkylation sites (N-methyl/N-ethyl adjacent to an activating group) is 1. The molecule has 0 saturated carbocycles. The summed E-state index contributed by atoms with van der Waals surface area (Å²) in [7, 11) is 3.32. The smallest absolute Gasteiger partial charge is 0.338 e. The van der Waals surface area contributed by atoms with Crippen LogP contribution in [0.25, 0.3) is 28.0 Å². The number of ether oxygens (including phenoxy) is 1. The van der Waals surface area contributed by atoms with Crippen LogP contribution in [0, 0.1) is 10.1 Å². The fourth-order valence-corrected chi connectivity index (χ4v) is 4.54. The molecule has 5 rings (SSSR count). The molecule has 3 aromatic carbocycles.